The summed E-state index contributed by atoms with van der Waals surface area (Å²) in [6.45, 7) is -1.45. The van der Waals surface area contributed by atoms with Gasteiger partial charge in [0.25, 0.3) is 16.0 Å². The monoisotopic (exact) mass is 328 g/mol. The summed E-state index contributed by atoms with van der Waals surface area (Å²) in [5.74, 6) is -1.24. The lowest BCUT2D eigenvalue weighted by molar-refractivity contribution is -0.750. The second-order valence-electron chi connectivity index (χ2n) is 3.91. The Morgan fingerprint density at radius 1 is 1.48 bits per heavy atom. The van der Waals surface area contributed by atoms with Crippen molar-refractivity contribution >= 4 is 16.0 Å². The van der Waals surface area contributed by atoms with Gasteiger partial charge < -0.3 is 5.32 Å². The van der Waals surface area contributed by atoms with E-state index in [4.69, 9.17) is 0 Å². The molecule has 0 atom stereocenters. The summed E-state index contributed by atoms with van der Waals surface area (Å²) in [6.07, 6.45) is -2.16. The van der Waals surface area contributed by atoms with Crippen molar-refractivity contribution in [3.63, 3.8) is 0 Å². The molecule has 11 heteroatoms. The van der Waals surface area contributed by atoms with E-state index in [2.05, 4.69) is 9.28 Å². The number of carbonyl (C=O) groups is 1. The molecule has 0 bridgehead atoms. The van der Waals surface area contributed by atoms with Gasteiger partial charge in [0.15, 0.2) is 12.7 Å². The van der Waals surface area contributed by atoms with Crippen molar-refractivity contribution < 1.29 is 35.2 Å². The Hall–Kier alpha value is -1.75. The van der Waals surface area contributed by atoms with E-state index in [1.807, 2.05) is 0 Å². The van der Waals surface area contributed by atoms with E-state index < -0.39 is 28.7 Å². The van der Waals surface area contributed by atoms with Crippen molar-refractivity contribution in [3.05, 3.63) is 24.0 Å². The maximum Gasteiger partial charge on any atom is 0.405 e. The zero-order valence-corrected chi connectivity index (χ0v) is 11.7. The molecule has 118 valence electrons. The highest BCUT2D eigenvalue weighted by Crippen LogP contribution is 2.12. The summed E-state index contributed by atoms with van der Waals surface area (Å²) < 4.78 is 63.5. The van der Waals surface area contributed by atoms with Crippen LogP contribution in [-0.2, 0) is 20.8 Å². The first-order valence-electron chi connectivity index (χ1n) is 5.62. The van der Waals surface area contributed by atoms with Crippen LogP contribution >= 0.6 is 0 Å². The minimum absolute atomic E-state index is 0.0133. The SMILES string of the molecule is COS(=O)(=O)CC[n+]1ccc(C(=O)NCC(F)(F)F)cn1. The third-order valence-corrected chi connectivity index (χ3v) is 3.50. The molecule has 21 heavy (non-hydrogen) atoms. The van der Waals surface area contributed by atoms with Gasteiger partial charge in [-0.15, -0.1) is 0 Å². The van der Waals surface area contributed by atoms with Crippen molar-refractivity contribution in [1.82, 2.24) is 10.4 Å². The van der Waals surface area contributed by atoms with Gasteiger partial charge in [0.05, 0.1) is 12.7 Å². The molecule has 0 spiro atoms. The van der Waals surface area contributed by atoms with E-state index in [0.29, 0.717) is 0 Å². The van der Waals surface area contributed by atoms with Crippen molar-refractivity contribution in [3.8, 4) is 0 Å². The topological polar surface area (TPSA) is 89.2 Å². The number of hydrogen-bond donors (Lipinski definition) is 1. The second-order valence-corrected chi connectivity index (χ2v) is 5.76. The molecular formula is C10H13F3N3O4S+. The van der Waals surface area contributed by atoms with Crippen molar-refractivity contribution in [1.29, 1.82) is 0 Å². The molecule has 0 aliphatic rings. The number of aromatic nitrogens is 2. The fourth-order valence-corrected chi connectivity index (χ4v) is 1.80. The number of amides is 1. The van der Waals surface area contributed by atoms with Gasteiger partial charge in [0, 0.05) is 6.07 Å². The van der Waals surface area contributed by atoms with Crippen LogP contribution in [0, 0.1) is 0 Å². The third-order valence-electron chi connectivity index (χ3n) is 2.31. The number of nitrogens with one attached hydrogen (secondary N) is 1. The highest BCUT2D eigenvalue weighted by Gasteiger charge is 2.28. The zero-order chi connectivity index (χ0) is 16.1. The third kappa shape index (κ3) is 6.49. The zero-order valence-electron chi connectivity index (χ0n) is 10.9. The van der Waals surface area contributed by atoms with Crippen LogP contribution < -0.4 is 10.00 Å². The van der Waals surface area contributed by atoms with Crippen LogP contribution in [0.5, 0.6) is 0 Å². The molecule has 0 unspecified atom stereocenters. The van der Waals surface area contributed by atoms with Crippen molar-refractivity contribution in [2.75, 3.05) is 19.4 Å². The Kier molecular flexibility index (Phi) is 5.61. The maximum atomic E-state index is 11.9. The summed E-state index contributed by atoms with van der Waals surface area (Å²) in [4.78, 5) is 11.4. The number of aryl methyl sites for hydroxylation is 1. The number of hydrogen-bond acceptors (Lipinski definition) is 5. The summed E-state index contributed by atoms with van der Waals surface area (Å²) in [5.41, 5.74) is -0.0647. The van der Waals surface area contributed by atoms with E-state index in [1.165, 1.54) is 16.9 Å². The fourth-order valence-electron chi connectivity index (χ4n) is 1.22. The van der Waals surface area contributed by atoms with Crippen LogP contribution in [0.1, 0.15) is 10.4 Å². The first-order chi connectivity index (χ1) is 9.63. The summed E-state index contributed by atoms with van der Waals surface area (Å²) >= 11 is 0. The first-order valence-corrected chi connectivity index (χ1v) is 7.20. The van der Waals surface area contributed by atoms with Gasteiger partial charge in [-0.2, -0.15) is 21.6 Å². The van der Waals surface area contributed by atoms with Gasteiger partial charge in [-0.3, -0.25) is 8.98 Å². The first kappa shape index (κ1) is 17.3. The van der Waals surface area contributed by atoms with E-state index in [-0.39, 0.29) is 17.9 Å². The van der Waals surface area contributed by atoms with E-state index in [0.717, 1.165) is 13.3 Å². The molecule has 1 N–H and O–H groups in total. The summed E-state index contributed by atoms with van der Waals surface area (Å²) in [5, 5.41) is 5.43. The van der Waals surface area contributed by atoms with Gasteiger partial charge in [0.1, 0.15) is 18.5 Å². The van der Waals surface area contributed by atoms with Crippen LogP contribution in [0.2, 0.25) is 0 Å². The number of halogens is 3. The number of rotatable bonds is 6. The van der Waals surface area contributed by atoms with Crippen LogP contribution in [0.4, 0.5) is 13.2 Å². The van der Waals surface area contributed by atoms with Gasteiger partial charge in [0.2, 0.25) is 0 Å². The lowest BCUT2D eigenvalue weighted by atomic mass is 10.3. The molecule has 0 saturated carbocycles. The normalized spacial score (nSPS) is 12.2. The predicted octanol–water partition coefficient (Wildman–Crippen LogP) is -0.363. The van der Waals surface area contributed by atoms with Gasteiger partial charge in [-0.1, -0.05) is 4.68 Å². The average Bonchev–Trinajstić information content (AvgIpc) is 2.42. The molecule has 1 aromatic heterocycles. The van der Waals surface area contributed by atoms with Crippen LogP contribution in [-0.4, -0.2) is 45.0 Å². The smallest absolute Gasteiger partial charge is 0.343 e. The number of alkyl halides is 3. The molecule has 1 amide bonds. The largest absolute Gasteiger partial charge is 0.405 e. The molecular weight excluding hydrogens is 315 g/mol. The Morgan fingerprint density at radius 2 is 2.14 bits per heavy atom. The van der Waals surface area contributed by atoms with Crippen molar-refractivity contribution in [2.24, 2.45) is 0 Å². The summed E-state index contributed by atoms with van der Waals surface area (Å²) in [6, 6.07) is 1.23. The van der Waals surface area contributed by atoms with Gasteiger partial charge >= 0.3 is 6.18 Å². The highest BCUT2D eigenvalue weighted by molar-refractivity contribution is 7.86. The van der Waals surface area contributed by atoms with E-state index >= 15 is 0 Å². The molecule has 7 nitrogen and oxygen atoms in total. The molecule has 0 saturated heterocycles. The van der Waals surface area contributed by atoms with E-state index in [9.17, 15) is 26.4 Å². The minimum atomic E-state index is -4.49. The molecule has 0 aliphatic heterocycles. The van der Waals surface area contributed by atoms with Crippen LogP contribution in [0.15, 0.2) is 18.5 Å². The lowest BCUT2D eigenvalue weighted by Crippen LogP contribution is -2.41. The molecule has 1 rings (SSSR count). The Balaban J connectivity index is 2.60. The van der Waals surface area contributed by atoms with E-state index in [1.54, 1.807) is 5.32 Å². The Morgan fingerprint density at radius 3 is 2.62 bits per heavy atom. The fraction of sp³-hybridized carbons (Fsp3) is 0.500. The Labute approximate surface area is 118 Å². The highest BCUT2D eigenvalue weighted by atomic mass is 32.2. The average molecular weight is 328 g/mol. The molecule has 0 aliphatic carbocycles. The Bertz CT molecular complexity index is 587. The van der Waals surface area contributed by atoms with Gasteiger partial charge in [-0.25, -0.2) is 0 Å². The molecule has 0 aromatic carbocycles. The predicted molar refractivity (Wildman–Crippen MR) is 63.6 cm³/mol. The quantitative estimate of drug-likeness (QED) is 0.569. The standard InChI is InChI=1S/C10H12F3N3O4S/c1-20-21(18,19)5-4-16-3-2-8(6-15-16)9(17)14-7-10(11,12)13/h2-3,6H,4-5,7H2,1H3/p+1. The second kappa shape index (κ2) is 6.80. The maximum absolute atomic E-state index is 11.9. The molecule has 1 aromatic rings. The lowest BCUT2D eigenvalue weighted by Gasteiger charge is -2.07. The summed E-state index contributed by atoms with van der Waals surface area (Å²) in [7, 11) is -2.60. The molecule has 0 fully saturated rings. The molecule has 0 radical (unpaired) electrons. The number of carbonyl (C=O) groups excluding carboxylic acids is 1. The molecule has 1 heterocycles. The number of nitrogens with zero attached hydrogens (tertiary/aromatic N) is 2. The van der Waals surface area contributed by atoms with Crippen molar-refractivity contribution in [2.45, 2.75) is 12.7 Å². The van der Waals surface area contributed by atoms with Gasteiger partial charge in [-0.05, 0) is 5.10 Å². The van der Waals surface area contributed by atoms with Crippen LogP contribution in [0.25, 0.3) is 0 Å². The minimum Gasteiger partial charge on any atom is -0.343 e. The van der Waals surface area contributed by atoms with Crippen LogP contribution in [0.3, 0.4) is 0 Å².